The molecule has 0 saturated carbocycles. The van der Waals surface area contributed by atoms with Crippen LogP contribution in [0.5, 0.6) is 0 Å². The number of nitrogens with zero attached hydrogens (tertiary/aromatic N) is 3. The van der Waals surface area contributed by atoms with Crippen LogP contribution in [0.3, 0.4) is 0 Å². The molecular weight excluding hydrogens is 238 g/mol. The lowest BCUT2D eigenvalue weighted by Gasteiger charge is -2.32. The Hall–Kier alpha value is -1.55. The van der Waals surface area contributed by atoms with E-state index in [0.717, 1.165) is 23.8 Å². The van der Waals surface area contributed by atoms with Crippen molar-refractivity contribution in [2.45, 2.75) is 32.1 Å². The summed E-state index contributed by atoms with van der Waals surface area (Å²) < 4.78 is 0. The van der Waals surface area contributed by atoms with Gasteiger partial charge in [0.15, 0.2) is 0 Å². The number of fused-ring (bicyclic) bond motifs is 1. The van der Waals surface area contributed by atoms with Gasteiger partial charge in [0.1, 0.15) is 0 Å². The third-order valence-electron chi connectivity index (χ3n) is 3.95. The van der Waals surface area contributed by atoms with E-state index in [9.17, 15) is 4.79 Å². The number of rotatable bonds is 3. The Morgan fingerprint density at radius 1 is 1.37 bits per heavy atom. The van der Waals surface area contributed by atoms with Crippen LogP contribution in [0.1, 0.15) is 37.7 Å². The minimum Gasteiger partial charge on any atom is -0.303 e. The van der Waals surface area contributed by atoms with Crippen LogP contribution in [-0.2, 0) is 0 Å². The average Bonchev–Trinajstić information content (AvgIpc) is 2.79. The fourth-order valence-corrected chi connectivity index (χ4v) is 3.14. The van der Waals surface area contributed by atoms with Crippen LogP contribution in [0, 0.1) is 0 Å². The molecule has 0 aromatic heterocycles. The molecule has 2 heterocycles. The number of para-hydroxylation sites is 1. The molecule has 100 valence electrons. The molecule has 1 fully saturated rings. The summed E-state index contributed by atoms with van der Waals surface area (Å²) in [5.74, 6) is 0.486. The highest BCUT2D eigenvalue weighted by molar-refractivity contribution is 5.77. The van der Waals surface area contributed by atoms with Crippen molar-refractivity contribution in [3.05, 3.63) is 34.5 Å². The number of carbonyl (C=O) groups excluding carboxylic acids is 1. The van der Waals surface area contributed by atoms with E-state index in [1.807, 2.05) is 12.1 Å². The molecule has 2 amide bonds. The summed E-state index contributed by atoms with van der Waals surface area (Å²) in [4.78, 5) is 21.9. The number of hydrogen-bond acceptors (Lipinski definition) is 2. The normalized spacial score (nSPS) is 22.8. The molecule has 0 aliphatic carbocycles. The molecule has 1 aromatic carbocycles. The van der Waals surface area contributed by atoms with Gasteiger partial charge in [-0.2, -0.15) is 9.98 Å². The van der Waals surface area contributed by atoms with Gasteiger partial charge in [-0.15, -0.1) is 0 Å². The molecule has 4 nitrogen and oxygen atoms in total. The van der Waals surface area contributed by atoms with E-state index in [1.54, 1.807) is 0 Å². The lowest BCUT2D eigenvalue weighted by Crippen LogP contribution is -2.38. The van der Waals surface area contributed by atoms with E-state index < -0.39 is 0 Å². The summed E-state index contributed by atoms with van der Waals surface area (Å²) >= 11 is 0. The van der Waals surface area contributed by atoms with E-state index in [2.05, 4.69) is 27.9 Å². The third-order valence-corrected chi connectivity index (χ3v) is 3.95. The Labute approximate surface area is 112 Å². The van der Waals surface area contributed by atoms with Crippen LogP contribution in [-0.4, -0.2) is 30.6 Å². The van der Waals surface area contributed by atoms with Gasteiger partial charge >= 0.3 is 6.03 Å². The van der Waals surface area contributed by atoms with Crippen LogP contribution >= 0.6 is 0 Å². The Kier molecular flexibility index (Phi) is 3.42. The quantitative estimate of drug-likeness (QED) is 0.826. The highest BCUT2D eigenvalue weighted by Gasteiger charge is 2.23. The standard InChI is InChI=1S/C15H19N3O/c1-2-8-18-9-4-5-11(10-18)12-6-3-7-13-14(12)17-15(19)16-13/h3,6-7,11H,2,4-5,8-10H2,1H3. The molecule has 3 rings (SSSR count). The Morgan fingerprint density at radius 3 is 3.11 bits per heavy atom. The molecule has 2 aliphatic rings. The second kappa shape index (κ2) is 5.21. The molecule has 0 N–H and O–H groups in total. The molecule has 1 atom stereocenters. The number of hydrogen-bond donors (Lipinski definition) is 0. The first-order valence-corrected chi connectivity index (χ1v) is 7.10. The number of amides is 2. The van der Waals surface area contributed by atoms with Gasteiger partial charge in [-0.3, -0.25) is 0 Å². The first kappa shape index (κ1) is 12.5. The minimum absolute atomic E-state index is 0.358. The molecule has 19 heavy (non-hydrogen) atoms. The highest BCUT2D eigenvalue weighted by atomic mass is 16.2. The lowest BCUT2D eigenvalue weighted by atomic mass is 9.90. The maximum absolute atomic E-state index is 11.4. The predicted octanol–water partition coefficient (Wildman–Crippen LogP) is 1.65. The Balaban J connectivity index is 1.92. The summed E-state index contributed by atoms with van der Waals surface area (Å²) in [5, 5.41) is 1.56. The van der Waals surface area contributed by atoms with Crippen LogP contribution in [0.15, 0.2) is 28.2 Å². The second-order valence-electron chi connectivity index (χ2n) is 5.36. The summed E-state index contributed by atoms with van der Waals surface area (Å²) in [7, 11) is 0. The van der Waals surface area contributed by atoms with Crippen molar-refractivity contribution in [2.24, 2.45) is 9.98 Å². The van der Waals surface area contributed by atoms with E-state index in [4.69, 9.17) is 0 Å². The van der Waals surface area contributed by atoms with Gasteiger partial charge in [0, 0.05) is 6.54 Å². The first-order chi connectivity index (χ1) is 9.28. The van der Waals surface area contributed by atoms with E-state index in [-0.39, 0.29) is 6.03 Å². The number of carbonyl (C=O) groups is 1. The molecule has 1 saturated heterocycles. The van der Waals surface area contributed by atoms with E-state index >= 15 is 0 Å². The summed E-state index contributed by atoms with van der Waals surface area (Å²) in [5.41, 5.74) is 1.20. The molecular formula is C15H19N3O. The van der Waals surface area contributed by atoms with Crippen molar-refractivity contribution >= 4 is 6.03 Å². The van der Waals surface area contributed by atoms with Crippen molar-refractivity contribution < 1.29 is 4.79 Å². The third kappa shape index (κ3) is 2.45. The van der Waals surface area contributed by atoms with Gasteiger partial charge < -0.3 is 4.90 Å². The smallest absolute Gasteiger partial charge is 0.303 e. The van der Waals surface area contributed by atoms with E-state index in [1.165, 1.54) is 31.4 Å². The Morgan fingerprint density at radius 2 is 2.26 bits per heavy atom. The predicted molar refractivity (Wildman–Crippen MR) is 72.9 cm³/mol. The van der Waals surface area contributed by atoms with Gasteiger partial charge in [-0.25, -0.2) is 4.79 Å². The zero-order valence-corrected chi connectivity index (χ0v) is 11.3. The lowest BCUT2D eigenvalue weighted by molar-refractivity contribution is 0.208. The van der Waals surface area contributed by atoms with Crippen molar-refractivity contribution in [2.75, 3.05) is 19.6 Å². The summed E-state index contributed by atoms with van der Waals surface area (Å²) in [6.07, 6.45) is 3.59. The summed E-state index contributed by atoms with van der Waals surface area (Å²) in [6.45, 7) is 5.65. The maximum atomic E-state index is 11.4. The minimum atomic E-state index is -0.358. The number of likely N-dealkylation sites (tertiary alicyclic amines) is 1. The van der Waals surface area contributed by atoms with Crippen LogP contribution in [0.25, 0.3) is 0 Å². The molecule has 0 spiro atoms. The SMILES string of the molecule is CCCN1CCCC(c2cccc3c2=NC(=O)N=3)C1. The zero-order chi connectivity index (χ0) is 13.2. The fraction of sp³-hybridized carbons (Fsp3) is 0.533. The van der Waals surface area contributed by atoms with Gasteiger partial charge in [-0.05, 0) is 49.9 Å². The average molecular weight is 257 g/mol. The molecule has 4 heteroatoms. The monoisotopic (exact) mass is 257 g/mol. The highest BCUT2D eigenvalue weighted by Crippen LogP contribution is 2.24. The van der Waals surface area contributed by atoms with Crippen molar-refractivity contribution in [1.29, 1.82) is 0 Å². The summed E-state index contributed by atoms with van der Waals surface area (Å²) in [6, 6.07) is 5.62. The maximum Gasteiger partial charge on any atom is 0.368 e. The van der Waals surface area contributed by atoms with Crippen molar-refractivity contribution in [1.82, 2.24) is 4.90 Å². The van der Waals surface area contributed by atoms with E-state index in [0.29, 0.717) is 5.92 Å². The molecule has 1 aromatic rings. The zero-order valence-electron chi connectivity index (χ0n) is 11.3. The van der Waals surface area contributed by atoms with Gasteiger partial charge in [0.2, 0.25) is 0 Å². The van der Waals surface area contributed by atoms with Crippen LogP contribution in [0.4, 0.5) is 4.79 Å². The second-order valence-corrected chi connectivity index (χ2v) is 5.36. The number of benzene rings is 1. The van der Waals surface area contributed by atoms with Gasteiger partial charge in [0.05, 0.1) is 10.7 Å². The fourth-order valence-electron chi connectivity index (χ4n) is 3.14. The Bertz CT molecular complexity index is 606. The molecule has 2 aliphatic heterocycles. The number of piperidine rings is 1. The first-order valence-electron chi connectivity index (χ1n) is 7.10. The van der Waals surface area contributed by atoms with Gasteiger partial charge in [0.25, 0.3) is 0 Å². The van der Waals surface area contributed by atoms with Gasteiger partial charge in [-0.1, -0.05) is 19.1 Å². The molecule has 1 unspecified atom stereocenters. The van der Waals surface area contributed by atoms with Crippen molar-refractivity contribution in [3.63, 3.8) is 0 Å². The largest absolute Gasteiger partial charge is 0.368 e. The van der Waals surface area contributed by atoms with Crippen LogP contribution < -0.4 is 10.7 Å². The number of urea groups is 1. The van der Waals surface area contributed by atoms with Crippen molar-refractivity contribution in [3.8, 4) is 0 Å². The van der Waals surface area contributed by atoms with Crippen LogP contribution in [0.2, 0.25) is 0 Å². The topological polar surface area (TPSA) is 45.0 Å². The molecule has 0 bridgehead atoms. The molecule has 0 radical (unpaired) electrons.